The molecule has 0 unspecified atom stereocenters. The van der Waals surface area contributed by atoms with E-state index in [1.807, 2.05) is 30.5 Å². The number of pyridine rings is 1. The normalized spacial score (nSPS) is 16.4. The Morgan fingerprint density at radius 2 is 1.60 bits per heavy atom. The van der Waals surface area contributed by atoms with E-state index in [2.05, 4.69) is 83.2 Å². The lowest BCUT2D eigenvalue weighted by Crippen LogP contribution is -2.29. The highest BCUT2D eigenvalue weighted by Crippen LogP contribution is 2.44. The summed E-state index contributed by atoms with van der Waals surface area (Å²) in [4.78, 5) is 19.5. The summed E-state index contributed by atoms with van der Waals surface area (Å²) in [6.07, 6.45) is 1.82. The Labute approximate surface area is 254 Å². The standard InChI is InChI=1S/C33H29N5O2S2/c1-22-20-29(23(2)36(22)21-24-8-4-3-5-9-24)32-31(30-10-6-7-19-34-30)35-33(41)37(32)25-11-15-27(16-12-25)42-28-17-13-26(14-18-28)38(39)40/h3-20,31-32H,21H2,1-2H3,(H,35,41)/t31-,32+/m1/s1. The number of rotatable bonds is 8. The van der Waals surface area contributed by atoms with Crippen molar-refractivity contribution in [2.24, 2.45) is 0 Å². The Bertz CT molecular complexity index is 1720. The number of nitrogens with zero attached hydrogens (tertiary/aromatic N) is 4. The van der Waals surface area contributed by atoms with Crippen molar-refractivity contribution in [3.63, 3.8) is 0 Å². The summed E-state index contributed by atoms with van der Waals surface area (Å²) in [6, 6.07) is 33.4. The molecule has 2 atom stereocenters. The summed E-state index contributed by atoms with van der Waals surface area (Å²) < 4.78 is 2.36. The minimum absolute atomic E-state index is 0.0846. The summed E-state index contributed by atoms with van der Waals surface area (Å²) in [5.41, 5.74) is 6.85. The van der Waals surface area contributed by atoms with E-state index in [4.69, 9.17) is 17.2 Å². The predicted octanol–water partition coefficient (Wildman–Crippen LogP) is 7.78. The van der Waals surface area contributed by atoms with Gasteiger partial charge < -0.3 is 14.8 Å². The Morgan fingerprint density at radius 1 is 0.929 bits per heavy atom. The lowest BCUT2D eigenvalue weighted by Gasteiger charge is -2.28. The number of anilines is 1. The van der Waals surface area contributed by atoms with E-state index in [9.17, 15) is 10.1 Å². The van der Waals surface area contributed by atoms with Crippen LogP contribution in [0, 0.1) is 24.0 Å². The van der Waals surface area contributed by atoms with E-state index in [0.717, 1.165) is 27.7 Å². The molecule has 0 radical (unpaired) electrons. The van der Waals surface area contributed by atoms with Gasteiger partial charge in [-0.15, -0.1) is 0 Å². The third kappa shape index (κ3) is 5.53. The van der Waals surface area contributed by atoms with Crippen molar-refractivity contribution in [1.29, 1.82) is 0 Å². The van der Waals surface area contributed by atoms with Crippen LogP contribution in [0.2, 0.25) is 0 Å². The minimum Gasteiger partial charge on any atom is -0.351 e. The highest BCUT2D eigenvalue weighted by molar-refractivity contribution is 7.99. The summed E-state index contributed by atoms with van der Waals surface area (Å²) in [5.74, 6) is 0. The molecule has 5 aromatic rings. The number of nitrogens with one attached hydrogen (secondary N) is 1. The third-order valence-corrected chi connectivity index (χ3v) is 8.94. The molecule has 1 fully saturated rings. The summed E-state index contributed by atoms with van der Waals surface area (Å²) in [7, 11) is 0. The van der Waals surface area contributed by atoms with Crippen LogP contribution >= 0.6 is 24.0 Å². The molecule has 3 aromatic carbocycles. The molecule has 2 aromatic heterocycles. The number of nitro benzene ring substituents is 1. The monoisotopic (exact) mass is 591 g/mol. The molecule has 3 heterocycles. The van der Waals surface area contributed by atoms with Crippen molar-refractivity contribution in [2.75, 3.05) is 4.90 Å². The second-order valence-electron chi connectivity index (χ2n) is 10.2. The van der Waals surface area contributed by atoms with Crippen molar-refractivity contribution in [3.8, 4) is 0 Å². The molecule has 6 rings (SSSR count). The molecule has 1 aliphatic heterocycles. The van der Waals surface area contributed by atoms with Crippen LogP contribution < -0.4 is 10.2 Å². The Morgan fingerprint density at radius 3 is 2.24 bits per heavy atom. The number of nitro groups is 1. The smallest absolute Gasteiger partial charge is 0.269 e. The van der Waals surface area contributed by atoms with Gasteiger partial charge in [0.2, 0.25) is 0 Å². The van der Waals surface area contributed by atoms with E-state index < -0.39 is 0 Å². The highest BCUT2D eigenvalue weighted by Gasteiger charge is 2.42. The molecule has 7 nitrogen and oxygen atoms in total. The number of aryl methyl sites for hydroxylation is 1. The topological polar surface area (TPSA) is 76.2 Å². The van der Waals surface area contributed by atoms with Gasteiger partial charge in [0.25, 0.3) is 5.69 Å². The van der Waals surface area contributed by atoms with Crippen LogP contribution in [0.25, 0.3) is 0 Å². The van der Waals surface area contributed by atoms with E-state index in [1.165, 1.54) is 34.6 Å². The van der Waals surface area contributed by atoms with Crippen LogP contribution in [-0.4, -0.2) is 19.6 Å². The maximum Gasteiger partial charge on any atom is 0.269 e. The molecule has 210 valence electrons. The van der Waals surface area contributed by atoms with Gasteiger partial charge in [-0.05, 0) is 91.8 Å². The van der Waals surface area contributed by atoms with Crippen molar-refractivity contribution in [1.82, 2.24) is 14.9 Å². The molecule has 0 saturated carbocycles. The van der Waals surface area contributed by atoms with E-state index in [1.54, 1.807) is 23.9 Å². The van der Waals surface area contributed by atoms with Gasteiger partial charge >= 0.3 is 0 Å². The number of hydrogen-bond acceptors (Lipinski definition) is 5. The molecular weight excluding hydrogens is 563 g/mol. The van der Waals surface area contributed by atoms with Gasteiger partial charge in [0.05, 0.1) is 22.7 Å². The van der Waals surface area contributed by atoms with Crippen LogP contribution in [0.15, 0.2) is 119 Å². The molecule has 0 aliphatic carbocycles. The number of non-ortho nitro benzene ring substituents is 1. The predicted molar refractivity (Wildman–Crippen MR) is 171 cm³/mol. The molecule has 0 spiro atoms. The quantitative estimate of drug-likeness (QED) is 0.112. The van der Waals surface area contributed by atoms with Crippen LogP contribution in [-0.2, 0) is 6.54 Å². The maximum atomic E-state index is 11.0. The SMILES string of the molecule is Cc1cc([C@H]2[C@@H](c3ccccn3)NC(=S)N2c2ccc(Sc3ccc([N+](=O)[O-])cc3)cc2)c(C)n1Cc1ccccc1. The van der Waals surface area contributed by atoms with Gasteiger partial charge in [0.15, 0.2) is 5.11 Å². The fourth-order valence-electron chi connectivity index (χ4n) is 5.53. The molecule has 9 heteroatoms. The van der Waals surface area contributed by atoms with E-state index in [-0.39, 0.29) is 22.7 Å². The summed E-state index contributed by atoms with van der Waals surface area (Å²) >= 11 is 7.52. The zero-order chi connectivity index (χ0) is 29.2. The second kappa shape index (κ2) is 11.8. The number of thiocarbonyl (C=S) groups is 1. The largest absolute Gasteiger partial charge is 0.351 e. The van der Waals surface area contributed by atoms with Gasteiger partial charge in [-0.25, -0.2) is 0 Å². The van der Waals surface area contributed by atoms with Gasteiger partial charge in [-0.1, -0.05) is 48.2 Å². The molecule has 0 amide bonds. The summed E-state index contributed by atoms with van der Waals surface area (Å²) in [5, 5.41) is 15.2. The Balaban J connectivity index is 1.34. The molecule has 0 bridgehead atoms. The van der Waals surface area contributed by atoms with Crippen molar-refractivity contribution in [2.45, 2.75) is 42.3 Å². The molecule has 1 saturated heterocycles. The lowest BCUT2D eigenvalue weighted by atomic mass is 9.96. The first-order valence-electron chi connectivity index (χ1n) is 13.6. The van der Waals surface area contributed by atoms with Crippen LogP contribution in [0.5, 0.6) is 0 Å². The van der Waals surface area contributed by atoms with Crippen LogP contribution in [0.3, 0.4) is 0 Å². The van der Waals surface area contributed by atoms with Crippen molar-refractivity contribution < 1.29 is 4.92 Å². The minimum atomic E-state index is -0.385. The van der Waals surface area contributed by atoms with E-state index in [0.29, 0.717) is 5.11 Å². The fraction of sp³-hybridized carbons (Fsp3) is 0.152. The zero-order valence-corrected chi connectivity index (χ0v) is 24.8. The third-order valence-electron chi connectivity index (χ3n) is 7.61. The van der Waals surface area contributed by atoms with Crippen LogP contribution in [0.1, 0.15) is 40.3 Å². The van der Waals surface area contributed by atoms with Gasteiger partial charge in [0, 0.05) is 51.7 Å². The van der Waals surface area contributed by atoms with Gasteiger partial charge in [0.1, 0.15) is 0 Å². The molecule has 1 aliphatic rings. The first-order chi connectivity index (χ1) is 20.4. The Kier molecular flexibility index (Phi) is 7.78. The fourth-order valence-corrected chi connectivity index (χ4v) is 6.69. The van der Waals surface area contributed by atoms with Gasteiger partial charge in [-0.2, -0.15) is 0 Å². The number of benzene rings is 3. The van der Waals surface area contributed by atoms with Crippen molar-refractivity contribution in [3.05, 3.63) is 148 Å². The number of hydrogen-bond donors (Lipinski definition) is 1. The highest BCUT2D eigenvalue weighted by atomic mass is 32.2. The van der Waals surface area contributed by atoms with Crippen LogP contribution in [0.4, 0.5) is 11.4 Å². The average Bonchev–Trinajstić information content (AvgIpc) is 3.49. The average molecular weight is 592 g/mol. The summed E-state index contributed by atoms with van der Waals surface area (Å²) in [6.45, 7) is 5.14. The van der Waals surface area contributed by atoms with Gasteiger partial charge in [-0.3, -0.25) is 15.1 Å². The maximum absolute atomic E-state index is 11.0. The molecule has 42 heavy (non-hydrogen) atoms. The number of aromatic nitrogens is 2. The molecular formula is C33H29N5O2S2. The second-order valence-corrected chi connectivity index (χ2v) is 11.8. The first kappa shape index (κ1) is 27.7. The van der Waals surface area contributed by atoms with Crippen molar-refractivity contribution >= 4 is 40.5 Å². The lowest BCUT2D eigenvalue weighted by molar-refractivity contribution is -0.384. The molecule has 1 N–H and O–H groups in total. The Hall–Kier alpha value is -4.47. The first-order valence-corrected chi connectivity index (χ1v) is 14.8. The zero-order valence-electron chi connectivity index (χ0n) is 23.2. The van der Waals surface area contributed by atoms with E-state index >= 15 is 0 Å².